The number of nitrogens with one attached hydrogen (secondary N) is 1. The molecule has 1 amide bonds. The molecule has 0 heterocycles. The molecule has 0 atom stereocenters. The average Bonchev–Trinajstić information content (AvgIpc) is 2.63. The highest BCUT2D eigenvalue weighted by Gasteiger charge is 2.09. The number of hydrazone groups is 1. The van der Waals surface area contributed by atoms with Crippen LogP contribution in [0.15, 0.2) is 65.8 Å². The average molecular weight is 353 g/mol. The Balaban J connectivity index is 1.89. The predicted molar refractivity (Wildman–Crippen MR) is 102 cm³/mol. The first kappa shape index (κ1) is 17.0. The zero-order valence-corrected chi connectivity index (χ0v) is 14.5. The zero-order chi connectivity index (χ0) is 17.6. The minimum atomic E-state index is -0.361. The van der Waals surface area contributed by atoms with Crippen molar-refractivity contribution in [3.63, 3.8) is 0 Å². The van der Waals surface area contributed by atoms with E-state index in [2.05, 4.69) is 10.5 Å². The summed E-state index contributed by atoms with van der Waals surface area (Å²) in [4.78, 5) is 12.2. The summed E-state index contributed by atoms with van der Waals surface area (Å²) in [7, 11) is 0. The molecular formula is C20H17ClN2O2. The second-order valence-electron chi connectivity index (χ2n) is 5.31. The van der Waals surface area contributed by atoms with Crippen LogP contribution in [-0.4, -0.2) is 18.7 Å². The maximum atomic E-state index is 12.2. The van der Waals surface area contributed by atoms with Gasteiger partial charge in [-0.15, -0.1) is 0 Å². The molecule has 0 aromatic heterocycles. The molecule has 0 spiro atoms. The van der Waals surface area contributed by atoms with Crippen LogP contribution in [0.1, 0.15) is 22.8 Å². The van der Waals surface area contributed by atoms with E-state index in [0.29, 0.717) is 17.2 Å². The lowest BCUT2D eigenvalue weighted by Crippen LogP contribution is -2.18. The van der Waals surface area contributed by atoms with Gasteiger partial charge in [-0.1, -0.05) is 54.1 Å². The highest BCUT2D eigenvalue weighted by Crippen LogP contribution is 2.26. The number of hydrogen-bond donors (Lipinski definition) is 1. The third-order valence-electron chi connectivity index (χ3n) is 3.71. The molecule has 3 rings (SSSR count). The summed E-state index contributed by atoms with van der Waals surface area (Å²) in [6, 6.07) is 18.7. The van der Waals surface area contributed by atoms with Crippen molar-refractivity contribution in [1.82, 2.24) is 5.43 Å². The fourth-order valence-electron chi connectivity index (χ4n) is 2.55. The minimum Gasteiger partial charge on any atom is -0.493 e. The maximum absolute atomic E-state index is 12.2. The van der Waals surface area contributed by atoms with Crippen molar-refractivity contribution in [3.8, 4) is 5.75 Å². The van der Waals surface area contributed by atoms with E-state index in [0.717, 1.165) is 22.1 Å². The molecule has 0 saturated heterocycles. The molecule has 0 unspecified atom stereocenters. The van der Waals surface area contributed by atoms with E-state index in [1.165, 1.54) is 0 Å². The molecule has 126 valence electrons. The van der Waals surface area contributed by atoms with E-state index in [1.807, 2.05) is 43.3 Å². The summed E-state index contributed by atoms with van der Waals surface area (Å²) in [5.74, 6) is 0.358. The number of halogens is 1. The van der Waals surface area contributed by atoms with E-state index in [-0.39, 0.29) is 5.91 Å². The Bertz CT molecular complexity index is 938. The highest BCUT2D eigenvalue weighted by atomic mass is 35.5. The van der Waals surface area contributed by atoms with Crippen LogP contribution in [0.2, 0.25) is 5.02 Å². The Labute approximate surface area is 151 Å². The predicted octanol–water partition coefficient (Wildman–Crippen LogP) is 4.66. The van der Waals surface area contributed by atoms with E-state index in [9.17, 15) is 4.79 Å². The number of amides is 1. The monoisotopic (exact) mass is 352 g/mol. The molecule has 0 aliphatic carbocycles. The Morgan fingerprint density at radius 2 is 1.88 bits per heavy atom. The van der Waals surface area contributed by atoms with Crippen molar-refractivity contribution in [2.45, 2.75) is 6.92 Å². The van der Waals surface area contributed by atoms with Crippen molar-refractivity contribution >= 4 is 34.5 Å². The van der Waals surface area contributed by atoms with Crippen LogP contribution in [0.5, 0.6) is 5.75 Å². The van der Waals surface area contributed by atoms with Crippen LogP contribution in [0.3, 0.4) is 0 Å². The van der Waals surface area contributed by atoms with Gasteiger partial charge in [0, 0.05) is 5.56 Å². The molecule has 25 heavy (non-hydrogen) atoms. The van der Waals surface area contributed by atoms with Crippen molar-refractivity contribution in [2.24, 2.45) is 5.10 Å². The van der Waals surface area contributed by atoms with Gasteiger partial charge >= 0.3 is 0 Å². The third kappa shape index (κ3) is 3.80. The van der Waals surface area contributed by atoms with Crippen molar-refractivity contribution < 1.29 is 9.53 Å². The quantitative estimate of drug-likeness (QED) is 0.536. The second kappa shape index (κ2) is 7.81. The molecule has 0 aliphatic heterocycles. The van der Waals surface area contributed by atoms with E-state index in [1.54, 1.807) is 30.5 Å². The second-order valence-corrected chi connectivity index (χ2v) is 5.72. The van der Waals surface area contributed by atoms with Gasteiger partial charge in [0.25, 0.3) is 5.91 Å². The Hall–Kier alpha value is -2.85. The van der Waals surface area contributed by atoms with Crippen LogP contribution in [0.4, 0.5) is 0 Å². The molecule has 5 heteroatoms. The summed E-state index contributed by atoms with van der Waals surface area (Å²) in [6.45, 7) is 2.47. The number of hydrogen-bond acceptors (Lipinski definition) is 3. The van der Waals surface area contributed by atoms with Gasteiger partial charge in [-0.25, -0.2) is 5.43 Å². The van der Waals surface area contributed by atoms with Gasteiger partial charge in [0.05, 0.1) is 23.4 Å². The number of carbonyl (C=O) groups is 1. The number of nitrogens with zero attached hydrogens (tertiary/aromatic N) is 1. The standard InChI is InChI=1S/C20H17ClN2O2/c1-2-25-19-12-11-14-7-3-4-8-15(14)17(19)13-22-23-20(24)16-9-5-6-10-18(16)21/h3-13H,2H2,1H3,(H,23,24)/b22-13+. The summed E-state index contributed by atoms with van der Waals surface area (Å²) < 4.78 is 5.68. The molecule has 0 bridgehead atoms. The van der Waals surface area contributed by atoms with Gasteiger partial charge in [0.1, 0.15) is 5.75 Å². The van der Waals surface area contributed by atoms with Crippen LogP contribution in [0, 0.1) is 0 Å². The first-order valence-corrected chi connectivity index (χ1v) is 8.31. The topological polar surface area (TPSA) is 50.7 Å². The maximum Gasteiger partial charge on any atom is 0.272 e. The van der Waals surface area contributed by atoms with E-state index in [4.69, 9.17) is 16.3 Å². The number of carbonyl (C=O) groups excluding carboxylic acids is 1. The van der Waals surface area contributed by atoms with Crippen molar-refractivity contribution in [1.29, 1.82) is 0 Å². The van der Waals surface area contributed by atoms with Gasteiger partial charge in [-0.3, -0.25) is 4.79 Å². The fourth-order valence-corrected chi connectivity index (χ4v) is 2.77. The number of benzene rings is 3. The Morgan fingerprint density at radius 1 is 1.12 bits per heavy atom. The van der Waals surface area contributed by atoms with Crippen LogP contribution < -0.4 is 10.2 Å². The first-order chi connectivity index (χ1) is 12.2. The SMILES string of the molecule is CCOc1ccc2ccccc2c1/C=N/NC(=O)c1ccccc1Cl. The molecular weight excluding hydrogens is 336 g/mol. The van der Waals surface area contributed by atoms with Crippen LogP contribution in [-0.2, 0) is 0 Å². The van der Waals surface area contributed by atoms with Crippen LogP contribution >= 0.6 is 11.6 Å². The Morgan fingerprint density at radius 3 is 2.68 bits per heavy atom. The fraction of sp³-hybridized carbons (Fsp3) is 0.100. The smallest absolute Gasteiger partial charge is 0.272 e. The van der Waals surface area contributed by atoms with Crippen molar-refractivity contribution in [2.75, 3.05) is 6.61 Å². The van der Waals surface area contributed by atoms with Gasteiger partial charge in [-0.2, -0.15) is 5.10 Å². The third-order valence-corrected chi connectivity index (χ3v) is 4.04. The van der Waals surface area contributed by atoms with Crippen molar-refractivity contribution in [3.05, 3.63) is 76.8 Å². The number of rotatable bonds is 5. The summed E-state index contributed by atoms with van der Waals surface area (Å²) in [5, 5.41) is 6.55. The lowest BCUT2D eigenvalue weighted by molar-refractivity contribution is 0.0955. The minimum absolute atomic E-state index is 0.361. The van der Waals surface area contributed by atoms with E-state index < -0.39 is 0 Å². The normalized spacial score (nSPS) is 11.0. The highest BCUT2D eigenvalue weighted by molar-refractivity contribution is 6.33. The molecule has 3 aromatic rings. The number of ether oxygens (including phenoxy) is 1. The molecule has 0 aliphatic rings. The van der Waals surface area contributed by atoms with Crippen LogP contribution in [0.25, 0.3) is 10.8 Å². The molecule has 0 saturated carbocycles. The lowest BCUT2D eigenvalue weighted by Gasteiger charge is -2.10. The van der Waals surface area contributed by atoms with Gasteiger partial charge in [-0.05, 0) is 35.9 Å². The summed E-state index contributed by atoms with van der Waals surface area (Å²) >= 11 is 6.03. The molecule has 0 fully saturated rings. The van der Waals surface area contributed by atoms with Gasteiger partial charge in [0.15, 0.2) is 0 Å². The first-order valence-electron chi connectivity index (χ1n) is 7.93. The molecule has 4 nitrogen and oxygen atoms in total. The zero-order valence-electron chi connectivity index (χ0n) is 13.7. The number of fused-ring (bicyclic) bond motifs is 1. The lowest BCUT2D eigenvalue weighted by atomic mass is 10.0. The Kier molecular flexibility index (Phi) is 5.31. The largest absolute Gasteiger partial charge is 0.493 e. The summed E-state index contributed by atoms with van der Waals surface area (Å²) in [5.41, 5.74) is 3.71. The summed E-state index contributed by atoms with van der Waals surface area (Å²) in [6.07, 6.45) is 1.60. The molecule has 0 radical (unpaired) electrons. The van der Waals surface area contributed by atoms with Gasteiger partial charge in [0.2, 0.25) is 0 Å². The van der Waals surface area contributed by atoms with Gasteiger partial charge < -0.3 is 4.74 Å². The van der Waals surface area contributed by atoms with E-state index >= 15 is 0 Å². The molecule has 1 N–H and O–H groups in total. The molecule has 3 aromatic carbocycles.